The minimum absolute atomic E-state index is 0.0474. The summed E-state index contributed by atoms with van der Waals surface area (Å²) in [5.41, 5.74) is -0.589. The van der Waals surface area contributed by atoms with Crippen molar-refractivity contribution in [2.45, 2.75) is 21.6 Å². The van der Waals surface area contributed by atoms with Gasteiger partial charge in [0.05, 0.1) is 24.0 Å². The molecule has 0 aliphatic rings. The number of methoxy groups -OCH3 is 1. The summed E-state index contributed by atoms with van der Waals surface area (Å²) in [6, 6.07) is 7.59. The first kappa shape index (κ1) is 25.8. The van der Waals surface area contributed by atoms with E-state index in [1.807, 2.05) is 0 Å². The molecule has 16 heteroatoms. The number of nitrogens with zero attached hydrogens (tertiary/aromatic N) is 2. The van der Waals surface area contributed by atoms with Gasteiger partial charge in [-0.2, -0.15) is 16.8 Å². The number of hydrogen-bond donors (Lipinski definition) is 4. The van der Waals surface area contributed by atoms with Crippen molar-refractivity contribution in [3.63, 3.8) is 0 Å². The number of benzene rings is 3. The van der Waals surface area contributed by atoms with Crippen molar-refractivity contribution in [2.75, 3.05) is 7.11 Å². The third-order valence-electron chi connectivity index (χ3n) is 4.50. The molecule has 0 fully saturated rings. The number of aromatic hydroxyl groups is 1. The third kappa shape index (κ3) is 5.29. The molecule has 0 heterocycles. The van der Waals surface area contributed by atoms with Gasteiger partial charge in [0.25, 0.3) is 20.2 Å². The lowest BCUT2D eigenvalue weighted by atomic mass is 10.1. The number of rotatable bonds is 8. The fraction of sp³-hybridized carbons (Fsp3) is 0.111. The van der Waals surface area contributed by atoms with Crippen LogP contribution < -0.4 is 4.74 Å². The molecule has 0 saturated heterocycles. The smallest absolute Gasteiger partial charge is 0.296 e. The summed E-state index contributed by atoms with van der Waals surface area (Å²) in [6.45, 7) is 1.35. The molecule has 0 bridgehead atoms. The molecule has 3 aromatic rings. The molecular formula is C18H16N2O11S3. The van der Waals surface area contributed by atoms with Crippen LogP contribution in [0.3, 0.4) is 0 Å². The SMILES string of the molecule is COc1ccc(N=Nc2c(S(=O)(=O)O)cc3c(S(=O)(=O)O)c(C)ccc3c2O)c(SOOO)c1. The van der Waals surface area contributed by atoms with Gasteiger partial charge in [-0.05, 0) is 36.8 Å². The number of phenols is 1. The first-order valence-corrected chi connectivity index (χ1v) is 12.5. The molecule has 0 aliphatic carbocycles. The van der Waals surface area contributed by atoms with Crippen LogP contribution in [0, 0.1) is 6.92 Å². The molecule has 13 nitrogen and oxygen atoms in total. The van der Waals surface area contributed by atoms with E-state index in [2.05, 4.69) is 19.6 Å². The number of aryl methyl sites for hydroxylation is 1. The van der Waals surface area contributed by atoms with E-state index in [0.717, 1.165) is 6.07 Å². The van der Waals surface area contributed by atoms with E-state index in [1.165, 1.54) is 44.4 Å². The fourth-order valence-corrected chi connectivity index (χ4v) is 5.10. The van der Waals surface area contributed by atoms with Gasteiger partial charge >= 0.3 is 0 Å². The van der Waals surface area contributed by atoms with Crippen LogP contribution in [0.2, 0.25) is 0 Å². The van der Waals surface area contributed by atoms with Gasteiger partial charge in [0, 0.05) is 10.8 Å². The van der Waals surface area contributed by atoms with Crippen molar-refractivity contribution in [3.05, 3.63) is 42.0 Å². The molecule has 0 amide bonds. The van der Waals surface area contributed by atoms with E-state index in [-0.39, 0.29) is 26.9 Å². The summed E-state index contributed by atoms with van der Waals surface area (Å²) in [4.78, 5) is -1.42. The van der Waals surface area contributed by atoms with E-state index in [4.69, 9.17) is 9.99 Å². The Balaban J connectivity index is 2.29. The third-order valence-corrected chi connectivity index (χ3v) is 7.06. The van der Waals surface area contributed by atoms with Gasteiger partial charge in [0.2, 0.25) is 0 Å². The second-order valence-electron chi connectivity index (χ2n) is 6.59. The maximum atomic E-state index is 12.0. The molecule has 3 rings (SSSR count). The lowest BCUT2D eigenvalue weighted by Crippen LogP contribution is -2.04. The lowest BCUT2D eigenvalue weighted by Gasteiger charge is -2.13. The van der Waals surface area contributed by atoms with Crippen molar-refractivity contribution < 1.29 is 50.4 Å². The molecular weight excluding hydrogens is 516 g/mol. The van der Waals surface area contributed by atoms with Gasteiger partial charge in [0.1, 0.15) is 26.9 Å². The highest BCUT2D eigenvalue weighted by molar-refractivity contribution is 7.94. The summed E-state index contributed by atoms with van der Waals surface area (Å²) >= 11 is 0.504. The fourth-order valence-electron chi connectivity index (χ4n) is 3.06. The highest BCUT2D eigenvalue weighted by Crippen LogP contribution is 2.44. The monoisotopic (exact) mass is 532 g/mol. The van der Waals surface area contributed by atoms with Crippen LogP contribution in [0.25, 0.3) is 10.8 Å². The van der Waals surface area contributed by atoms with Crippen molar-refractivity contribution in [1.29, 1.82) is 0 Å². The first-order chi connectivity index (χ1) is 15.9. The highest BCUT2D eigenvalue weighted by Gasteiger charge is 2.26. The molecule has 182 valence electrons. The molecule has 0 aliphatic heterocycles. The molecule has 4 N–H and O–H groups in total. The molecule has 0 saturated carbocycles. The minimum Gasteiger partial charge on any atom is -0.505 e. The van der Waals surface area contributed by atoms with Crippen molar-refractivity contribution >= 4 is 54.4 Å². The maximum absolute atomic E-state index is 12.0. The van der Waals surface area contributed by atoms with Gasteiger partial charge in [-0.15, -0.1) is 14.6 Å². The van der Waals surface area contributed by atoms with Crippen molar-refractivity contribution in [2.24, 2.45) is 10.2 Å². The quantitative estimate of drug-likeness (QED) is 0.106. The minimum atomic E-state index is -5.06. The number of ether oxygens (including phenoxy) is 1. The zero-order valence-corrected chi connectivity index (χ0v) is 19.7. The summed E-state index contributed by atoms with van der Waals surface area (Å²) < 4.78 is 76.6. The van der Waals surface area contributed by atoms with Gasteiger partial charge in [-0.1, -0.05) is 17.2 Å². The summed E-state index contributed by atoms with van der Waals surface area (Å²) in [7, 11) is -8.49. The van der Waals surface area contributed by atoms with Gasteiger partial charge in [-0.25, -0.2) is 5.26 Å². The van der Waals surface area contributed by atoms with Crippen LogP contribution in [0.4, 0.5) is 11.4 Å². The normalized spacial score (nSPS) is 12.5. The first-order valence-electron chi connectivity index (χ1n) is 8.87. The largest absolute Gasteiger partial charge is 0.505 e. The Labute approximate surface area is 197 Å². The Morgan fingerprint density at radius 3 is 2.24 bits per heavy atom. The summed E-state index contributed by atoms with van der Waals surface area (Å²) in [5.74, 6) is -0.459. The number of hydrogen-bond acceptors (Lipinski definition) is 12. The van der Waals surface area contributed by atoms with E-state index in [1.54, 1.807) is 0 Å². The van der Waals surface area contributed by atoms with E-state index >= 15 is 0 Å². The highest BCUT2D eigenvalue weighted by atomic mass is 32.2. The zero-order chi connectivity index (χ0) is 25.3. The van der Waals surface area contributed by atoms with Crippen molar-refractivity contribution in [1.82, 2.24) is 0 Å². The van der Waals surface area contributed by atoms with Gasteiger partial charge in [0.15, 0.2) is 5.75 Å². The molecule has 0 unspecified atom stereocenters. The Kier molecular flexibility index (Phi) is 7.44. The summed E-state index contributed by atoms with van der Waals surface area (Å²) in [5, 5.41) is 29.7. The van der Waals surface area contributed by atoms with Crippen LogP contribution >= 0.6 is 12.0 Å². The average Bonchev–Trinajstić information content (AvgIpc) is 2.75. The standard InChI is InChI=1S/C18H16N2O11S3/c1-9-3-5-11-12(18(9)34(26,27)28)8-15(33(23,24)25)16(17(11)21)20-19-13-6-4-10(29-2)7-14(13)32-31-30-22/h3-8,21-22H,1-2H3,(H,23,24,25)(H,26,27,28). The Morgan fingerprint density at radius 2 is 1.65 bits per heavy atom. The Bertz CT molecular complexity index is 1500. The molecule has 0 radical (unpaired) electrons. The molecule has 0 aromatic heterocycles. The number of azo groups is 1. The topological polar surface area (TPSA) is 202 Å². The van der Waals surface area contributed by atoms with E-state index < -0.39 is 41.5 Å². The second kappa shape index (κ2) is 9.80. The Hall–Kier alpha value is -2.83. The van der Waals surface area contributed by atoms with Crippen LogP contribution in [0.5, 0.6) is 11.5 Å². The molecule has 3 aromatic carbocycles. The average molecular weight is 533 g/mol. The lowest BCUT2D eigenvalue weighted by molar-refractivity contribution is -0.432. The predicted octanol–water partition coefficient (Wildman–Crippen LogP) is 4.20. The molecule has 0 spiro atoms. The summed E-state index contributed by atoms with van der Waals surface area (Å²) in [6.07, 6.45) is 0. The van der Waals surface area contributed by atoms with Crippen molar-refractivity contribution in [3.8, 4) is 11.5 Å². The Morgan fingerprint density at radius 1 is 0.941 bits per heavy atom. The zero-order valence-electron chi connectivity index (χ0n) is 17.2. The van der Waals surface area contributed by atoms with Gasteiger partial charge in [-0.3, -0.25) is 9.11 Å². The number of phenolic OH excluding ortho intramolecular Hbond substituents is 1. The van der Waals surface area contributed by atoms with Crippen LogP contribution in [0.15, 0.2) is 61.3 Å². The van der Waals surface area contributed by atoms with Crippen LogP contribution in [-0.4, -0.2) is 43.4 Å². The maximum Gasteiger partial charge on any atom is 0.296 e. The van der Waals surface area contributed by atoms with Crippen LogP contribution in [-0.2, 0) is 29.6 Å². The molecule has 34 heavy (non-hydrogen) atoms. The molecule has 0 atom stereocenters. The number of fused-ring (bicyclic) bond motifs is 1. The predicted molar refractivity (Wildman–Crippen MR) is 118 cm³/mol. The van der Waals surface area contributed by atoms with Gasteiger partial charge < -0.3 is 9.84 Å². The van der Waals surface area contributed by atoms with E-state index in [9.17, 15) is 31.0 Å². The second-order valence-corrected chi connectivity index (χ2v) is 10.1. The van der Waals surface area contributed by atoms with Crippen LogP contribution in [0.1, 0.15) is 5.56 Å². The van der Waals surface area contributed by atoms with E-state index in [0.29, 0.717) is 17.8 Å².